The van der Waals surface area contributed by atoms with Crippen LogP contribution in [0.1, 0.15) is 28.8 Å². The number of benzene rings is 2. The van der Waals surface area contributed by atoms with Crippen molar-refractivity contribution >= 4 is 21.7 Å². The molecule has 33 heavy (non-hydrogen) atoms. The number of nitrogens with zero attached hydrogens (tertiary/aromatic N) is 1. The van der Waals surface area contributed by atoms with E-state index in [1.807, 2.05) is 0 Å². The molecular weight excluding hydrogens is 440 g/mol. The highest BCUT2D eigenvalue weighted by atomic mass is 32.2. The first-order chi connectivity index (χ1) is 15.8. The number of nitrogens with one attached hydrogen (secondary N) is 3. The van der Waals surface area contributed by atoms with Crippen LogP contribution in [0.3, 0.4) is 0 Å². The minimum absolute atomic E-state index is 0.0199. The van der Waals surface area contributed by atoms with Crippen LogP contribution in [0.15, 0.2) is 58.3 Å². The van der Waals surface area contributed by atoms with Crippen LogP contribution in [0.2, 0.25) is 0 Å². The molecule has 2 aromatic carbocycles. The molecule has 3 atom stereocenters. The SMILES string of the molecule is CN(C)C(=O)c1ccc(S(=O)(=O)c2ccc(CNC(=O)C3CC4CNCCC4N3)cc2)cc1. The van der Waals surface area contributed by atoms with Gasteiger partial charge in [0.25, 0.3) is 5.91 Å². The Bertz CT molecular complexity index is 1100. The predicted molar refractivity (Wildman–Crippen MR) is 125 cm³/mol. The summed E-state index contributed by atoms with van der Waals surface area (Å²) in [6, 6.07) is 12.7. The van der Waals surface area contributed by atoms with Crippen molar-refractivity contribution < 1.29 is 18.0 Å². The van der Waals surface area contributed by atoms with Crippen LogP contribution < -0.4 is 16.0 Å². The van der Waals surface area contributed by atoms with Gasteiger partial charge in [0, 0.05) is 32.2 Å². The van der Waals surface area contributed by atoms with Gasteiger partial charge in [0.1, 0.15) is 0 Å². The van der Waals surface area contributed by atoms with Crippen molar-refractivity contribution in [2.24, 2.45) is 5.92 Å². The third-order valence-corrected chi connectivity index (χ3v) is 8.18. The summed E-state index contributed by atoms with van der Waals surface area (Å²) < 4.78 is 25.9. The summed E-state index contributed by atoms with van der Waals surface area (Å²) in [6.07, 6.45) is 1.87. The number of piperidine rings is 1. The first-order valence-electron chi connectivity index (χ1n) is 11.2. The molecule has 2 heterocycles. The summed E-state index contributed by atoms with van der Waals surface area (Å²) >= 11 is 0. The van der Waals surface area contributed by atoms with Gasteiger partial charge >= 0.3 is 0 Å². The smallest absolute Gasteiger partial charge is 0.253 e. The third kappa shape index (κ3) is 5.10. The lowest BCUT2D eigenvalue weighted by Gasteiger charge is -2.25. The average molecular weight is 471 g/mol. The number of hydrogen-bond acceptors (Lipinski definition) is 6. The van der Waals surface area contributed by atoms with Gasteiger partial charge in [0.05, 0.1) is 15.8 Å². The molecule has 0 aromatic heterocycles. The van der Waals surface area contributed by atoms with E-state index in [1.54, 1.807) is 38.4 Å². The van der Waals surface area contributed by atoms with Crippen LogP contribution in [0, 0.1) is 5.92 Å². The predicted octanol–water partition coefficient (Wildman–Crippen LogP) is 1.18. The summed E-state index contributed by atoms with van der Waals surface area (Å²) in [5.41, 5.74) is 1.25. The molecule has 0 bridgehead atoms. The van der Waals surface area contributed by atoms with Crippen LogP contribution in [-0.4, -0.2) is 64.4 Å². The molecule has 2 saturated heterocycles. The maximum atomic E-state index is 12.9. The second-order valence-electron chi connectivity index (χ2n) is 8.90. The highest BCUT2D eigenvalue weighted by Gasteiger charge is 2.38. The van der Waals surface area contributed by atoms with Crippen LogP contribution in [0.4, 0.5) is 0 Å². The van der Waals surface area contributed by atoms with Crippen molar-refractivity contribution in [1.29, 1.82) is 0 Å². The van der Waals surface area contributed by atoms with E-state index >= 15 is 0 Å². The van der Waals surface area contributed by atoms with E-state index in [2.05, 4.69) is 16.0 Å². The largest absolute Gasteiger partial charge is 0.351 e. The lowest BCUT2D eigenvalue weighted by molar-refractivity contribution is -0.123. The molecule has 2 aromatic rings. The van der Waals surface area contributed by atoms with Crippen molar-refractivity contribution in [3.05, 3.63) is 59.7 Å². The zero-order valence-corrected chi connectivity index (χ0v) is 19.7. The Morgan fingerprint density at radius 1 is 1.03 bits per heavy atom. The monoisotopic (exact) mass is 470 g/mol. The fraction of sp³-hybridized carbons (Fsp3) is 0.417. The van der Waals surface area contributed by atoms with Gasteiger partial charge in [-0.05, 0) is 73.8 Å². The van der Waals surface area contributed by atoms with Crippen molar-refractivity contribution in [3.8, 4) is 0 Å². The Morgan fingerprint density at radius 3 is 2.27 bits per heavy atom. The molecule has 3 unspecified atom stereocenters. The highest BCUT2D eigenvalue weighted by Crippen LogP contribution is 2.25. The highest BCUT2D eigenvalue weighted by molar-refractivity contribution is 7.91. The molecule has 9 heteroatoms. The molecule has 2 aliphatic heterocycles. The third-order valence-electron chi connectivity index (χ3n) is 6.40. The molecule has 0 spiro atoms. The van der Waals surface area contributed by atoms with Gasteiger partial charge in [-0.3, -0.25) is 9.59 Å². The van der Waals surface area contributed by atoms with Gasteiger partial charge in [-0.25, -0.2) is 8.42 Å². The summed E-state index contributed by atoms with van der Waals surface area (Å²) in [7, 11) is -0.415. The van der Waals surface area contributed by atoms with Gasteiger partial charge in [0.2, 0.25) is 15.7 Å². The van der Waals surface area contributed by atoms with Gasteiger partial charge in [-0.1, -0.05) is 12.1 Å². The molecule has 8 nitrogen and oxygen atoms in total. The molecule has 2 aliphatic rings. The number of rotatable bonds is 6. The summed E-state index contributed by atoms with van der Waals surface area (Å²) in [5, 5.41) is 9.77. The fourth-order valence-electron chi connectivity index (χ4n) is 4.47. The van der Waals surface area contributed by atoms with Crippen LogP contribution in [0.5, 0.6) is 0 Å². The van der Waals surface area contributed by atoms with Crippen molar-refractivity contribution in [1.82, 2.24) is 20.9 Å². The molecule has 0 saturated carbocycles. The molecule has 176 valence electrons. The van der Waals surface area contributed by atoms with E-state index in [4.69, 9.17) is 0 Å². The summed E-state index contributed by atoms with van der Waals surface area (Å²) in [5.74, 6) is 0.288. The minimum atomic E-state index is -3.70. The quantitative estimate of drug-likeness (QED) is 0.585. The molecule has 3 N–H and O–H groups in total. The number of carbonyl (C=O) groups is 2. The maximum Gasteiger partial charge on any atom is 0.253 e. The Hall–Kier alpha value is -2.75. The Morgan fingerprint density at radius 2 is 1.67 bits per heavy atom. The second-order valence-corrected chi connectivity index (χ2v) is 10.9. The first-order valence-corrected chi connectivity index (χ1v) is 12.6. The summed E-state index contributed by atoms with van der Waals surface area (Å²) in [4.78, 5) is 26.3. The molecule has 2 fully saturated rings. The van der Waals surface area contributed by atoms with Gasteiger partial charge in [-0.15, -0.1) is 0 Å². The Labute approximate surface area is 194 Å². The van der Waals surface area contributed by atoms with E-state index in [1.165, 1.54) is 29.2 Å². The van der Waals surface area contributed by atoms with Crippen LogP contribution in [-0.2, 0) is 21.2 Å². The maximum absolute atomic E-state index is 12.9. The lowest BCUT2D eigenvalue weighted by atomic mass is 9.94. The molecular formula is C24H30N4O4S. The normalized spacial score (nSPS) is 22.4. The topological polar surface area (TPSA) is 108 Å². The van der Waals surface area contributed by atoms with E-state index < -0.39 is 9.84 Å². The molecule has 0 aliphatic carbocycles. The van der Waals surface area contributed by atoms with Gasteiger partial charge in [0.15, 0.2) is 0 Å². The van der Waals surface area contributed by atoms with Gasteiger partial charge < -0.3 is 20.9 Å². The Kier molecular flexibility index (Phi) is 6.83. The van der Waals surface area contributed by atoms with E-state index in [0.29, 0.717) is 24.1 Å². The average Bonchev–Trinajstić information content (AvgIpc) is 3.27. The Balaban J connectivity index is 1.36. The van der Waals surface area contributed by atoms with Crippen molar-refractivity contribution in [2.75, 3.05) is 27.2 Å². The van der Waals surface area contributed by atoms with E-state index in [0.717, 1.165) is 31.5 Å². The number of hydrogen-bond donors (Lipinski definition) is 3. The second kappa shape index (κ2) is 9.62. The molecule has 0 radical (unpaired) electrons. The molecule has 4 rings (SSSR count). The van der Waals surface area contributed by atoms with Crippen LogP contribution in [0.25, 0.3) is 0 Å². The minimum Gasteiger partial charge on any atom is -0.351 e. The van der Waals surface area contributed by atoms with Crippen molar-refractivity contribution in [3.63, 3.8) is 0 Å². The van der Waals surface area contributed by atoms with Crippen LogP contribution >= 0.6 is 0 Å². The number of sulfone groups is 1. The zero-order valence-electron chi connectivity index (χ0n) is 18.9. The lowest BCUT2D eigenvalue weighted by Crippen LogP contribution is -2.45. The standard InChI is InChI=1S/C24H30N4O4S/c1-28(2)24(30)17-5-9-20(10-6-17)33(31,32)19-7-3-16(4-8-19)14-26-23(29)22-13-18-15-25-12-11-21(18)27-22/h3-10,18,21-22,25,27H,11-15H2,1-2H3,(H,26,29). The zero-order chi connectivity index (χ0) is 23.6. The number of carbonyl (C=O) groups excluding carboxylic acids is 2. The van der Waals surface area contributed by atoms with Gasteiger partial charge in [-0.2, -0.15) is 0 Å². The molecule has 2 amide bonds. The van der Waals surface area contributed by atoms with E-state index in [-0.39, 0.29) is 27.6 Å². The fourth-order valence-corrected chi connectivity index (χ4v) is 5.73. The number of fused-ring (bicyclic) bond motifs is 1. The number of amides is 2. The van der Waals surface area contributed by atoms with Crippen molar-refractivity contribution in [2.45, 2.75) is 41.3 Å². The summed E-state index contributed by atoms with van der Waals surface area (Å²) in [6.45, 7) is 2.27. The van der Waals surface area contributed by atoms with E-state index in [9.17, 15) is 18.0 Å². The first kappa shape index (κ1) is 23.4.